The van der Waals surface area contributed by atoms with E-state index in [9.17, 15) is 13.2 Å². The molecule has 8 heteroatoms. The van der Waals surface area contributed by atoms with Gasteiger partial charge < -0.3 is 14.0 Å². The second kappa shape index (κ2) is 6.65. The number of halogens is 3. The summed E-state index contributed by atoms with van der Waals surface area (Å²) < 4.78 is 43.3. The van der Waals surface area contributed by atoms with Crippen LogP contribution >= 0.6 is 0 Å². The van der Waals surface area contributed by atoms with E-state index < -0.39 is 6.36 Å². The highest BCUT2D eigenvalue weighted by molar-refractivity contribution is 5.76. The van der Waals surface area contributed by atoms with E-state index in [4.69, 9.17) is 4.98 Å². The van der Waals surface area contributed by atoms with Gasteiger partial charge in [0.25, 0.3) is 0 Å². The Kier molecular flexibility index (Phi) is 4.08. The van der Waals surface area contributed by atoms with E-state index in [1.54, 1.807) is 18.3 Å². The molecular formula is C21H17F3N4O. The molecule has 1 aliphatic heterocycles. The summed E-state index contributed by atoms with van der Waals surface area (Å²) in [4.78, 5) is 11.0. The molecule has 1 aromatic carbocycles. The van der Waals surface area contributed by atoms with E-state index in [1.807, 2.05) is 35.5 Å². The first-order chi connectivity index (χ1) is 14.0. The highest BCUT2D eigenvalue weighted by Crippen LogP contribution is 2.40. The summed E-state index contributed by atoms with van der Waals surface area (Å²) >= 11 is 0. The van der Waals surface area contributed by atoms with E-state index in [2.05, 4.69) is 20.3 Å². The molecule has 5 nitrogen and oxygen atoms in total. The molecule has 148 valence electrons. The van der Waals surface area contributed by atoms with Gasteiger partial charge in [0.2, 0.25) is 0 Å². The fourth-order valence-corrected chi connectivity index (χ4v) is 3.56. The number of anilines is 1. The second-order valence-electron chi connectivity index (χ2n) is 7.11. The van der Waals surface area contributed by atoms with Crippen molar-refractivity contribution in [1.82, 2.24) is 9.38 Å². The zero-order valence-corrected chi connectivity index (χ0v) is 15.3. The molecule has 1 saturated carbocycles. The van der Waals surface area contributed by atoms with Crippen molar-refractivity contribution < 1.29 is 17.9 Å². The van der Waals surface area contributed by atoms with Crippen molar-refractivity contribution in [2.45, 2.75) is 31.2 Å². The molecule has 1 atom stereocenters. The highest BCUT2D eigenvalue weighted by Gasteiger charge is 2.31. The minimum Gasteiger partial charge on any atom is -0.406 e. The molecule has 3 heterocycles. The maximum atomic E-state index is 12.4. The Morgan fingerprint density at radius 2 is 1.83 bits per heavy atom. The maximum absolute atomic E-state index is 12.4. The molecule has 5 rings (SSSR count). The molecule has 1 unspecified atom stereocenters. The van der Waals surface area contributed by atoms with Crippen LogP contribution in [0.1, 0.15) is 36.2 Å². The molecule has 1 aliphatic carbocycles. The number of pyridine rings is 1. The van der Waals surface area contributed by atoms with Gasteiger partial charge in [-0.1, -0.05) is 6.07 Å². The van der Waals surface area contributed by atoms with E-state index in [0.29, 0.717) is 5.92 Å². The van der Waals surface area contributed by atoms with E-state index in [1.165, 1.54) is 25.0 Å². The van der Waals surface area contributed by atoms with E-state index in [0.717, 1.165) is 22.7 Å². The third-order valence-electron chi connectivity index (χ3n) is 5.05. The van der Waals surface area contributed by atoms with Crippen LogP contribution in [0.4, 0.5) is 18.9 Å². The van der Waals surface area contributed by atoms with Crippen LogP contribution in [0.2, 0.25) is 0 Å². The number of nitrogens with zero attached hydrogens (tertiary/aromatic N) is 4. The van der Waals surface area contributed by atoms with Crippen molar-refractivity contribution in [3.8, 4) is 5.75 Å². The van der Waals surface area contributed by atoms with Crippen LogP contribution in [-0.4, -0.2) is 22.0 Å². The predicted octanol–water partition coefficient (Wildman–Crippen LogP) is 5.21. The molecule has 29 heavy (non-hydrogen) atoms. The Balaban J connectivity index is 1.49. The number of aromatic nitrogens is 2. The third-order valence-corrected chi connectivity index (χ3v) is 5.05. The number of aliphatic imine (C=N–C) groups is 1. The number of rotatable bonds is 4. The fourth-order valence-electron chi connectivity index (χ4n) is 3.56. The van der Waals surface area contributed by atoms with Crippen molar-refractivity contribution >= 4 is 17.5 Å². The predicted molar refractivity (Wildman–Crippen MR) is 103 cm³/mol. The summed E-state index contributed by atoms with van der Waals surface area (Å²) in [5, 5.41) is 0. The lowest BCUT2D eigenvalue weighted by molar-refractivity contribution is -0.274. The third kappa shape index (κ3) is 3.57. The van der Waals surface area contributed by atoms with Crippen LogP contribution in [0.3, 0.4) is 0 Å². The number of hydrogen-bond donors (Lipinski definition) is 0. The summed E-state index contributed by atoms with van der Waals surface area (Å²) in [6, 6.07) is 11.5. The molecule has 2 aromatic heterocycles. The monoisotopic (exact) mass is 398 g/mol. The summed E-state index contributed by atoms with van der Waals surface area (Å²) in [5.74, 6) is 0.290. The van der Waals surface area contributed by atoms with Crippen LogP contribution < -0.4 is 9.64 Å². The first kappa shape index (κ1) is 17.8. The average molecular weight is 398 g/mol. The van der Waals surface area contributed by atoms with Crippen molar-refractivity contribution in [3.05, 3.63) is 72.4 Å². The molecule has 0 saturated heterocycles. The van der Waals surface area contributed by atoms with Gasteiger partial charge in [-0.15, -0.1) is 13.2 Å². The number of alkyl halides is 3. The van der Waals surface area contributed by atoms with Crippen molar-refractivity contribution in [2.75, 3.05) is 4.90 Å². The Hall–Kier alpha value is -3.29. The summed E-state index contributed by atoms with van der Waals surface area (Å²) in [6.45, 7) is 0. The lowest BCUT2D eigenvalue weighted by Gasteiger charge is -2.30. The summed E-state index contributed by atoms with van der Waals surface area (Å²) in [6.07, 6.45) is 4.98. The Morgan fingerprint density at radius 3 is 2.55 bits per heavy atom. The zero-order chi connectivity index (χ0) is 20.0. The lowest BCUT2D eigenvalue weighted by atomic mass is 10.1. The van der Waals surface area contributed by atoms with Crippen molar-refractivity contribution in [3.63, 3.8) is 0 Å². The van der Waals surface area contributed by atoms with E-state index in [-0.39, 0.29) is 11.8 Å². The summed E-state index contributed by atoms with van der Waals surface area (Å²) in [7, 11) is 0. The molecule has 0 bridgehead atoms. The molecule has 0 spiro atoms. The standard InChI is InChI=1S/C21H17F3N4O/c22-21(23,24)29-16-8-6-15(7-9-16)27-11-10-25-12-19(27)18-2-1-3-20-26-17(13-28(18)20)14-4-5-14/h1-3,6-14,19H,4-5H2. The smallest absolute Gasteiger partial charge is 0.406 e. The van der Waals surface area contributed by atoms with Gasteiger partial charge in [0.05, 0.1) is 11.4 Å². The Labute approximate surface area is 164 Å². The van der Waals surface area contributed by atoms with Gasteiger partial charge in [-0.3, -0.25) is 4.99 Å². The molecule has 2 aliphatic rings. The molecular weight excluding hydrogens is 381 g/mol. The number of imidazole rings is 1. The number of hydrogen-bond acceptors (Lipinski definition) is 4. The highest BCUT2D eigenvalue weighted by atomic mass is 19.4. The van der Waals surface area contributed by atoms with Gasteiger partial charge in [-0.2, -0.15) is 0 Å². The number of fused-ring (bicyclic) bond motifs is 1. The van der Waals surface area contributed by atoms with Crippen LogP contribution in [0, 0.1) is 0 Å². The maximum Gasteiger partial charge on any atom is 0.573 e. The van der Waals surface area contributed by atoms with Crippen molar-refractivity contribution in [2.24, 2.45) is 4.99 Å². The second-order valence-corrected chi connectivity index (χ2v) is 7.11. The first-order valence-corrected chi connectivity index (χ1v) is 9.30. The Bertz CT molecular complexity index is 1100. The molecule has 1 fully saturated rings. The molecule has 3 aromatic rings. The van der Waals surface area contributed by atoms with Gasteiger partial charge >= 0.3 is 6.36 Å². The Morgan fingerprint density at radius 1 is 1.03 bits per heavy atom. The SMILES string of the molecule is FC(F)(F)Oc1ccc(N2C=CN=CC2c2cccc3nc(C4CC4)cn23)cc1. The minimum absolute atomic E-state index is 0.223. The minimum atomic E-state index is -4.71. The van der Waals surface area contributed by atoms with Gasteiger partial charge in [0, 0.05) is 36.4 Å². The fraction of sp³-hybridized carbons (Fsp3) is 0.238. The molecule has 0 radical (unpaired) electrons. The van der Waals surface area contributed by atoms with Crippen LogP contribution in [0.5, 0.6) is 5.75 Å². The first-order valence-electron chi connectivity index (χ1n) is 9.30. The largest absolute Gasteiger partial charge is 0.573 e. The molecule has 0 amide bonds. The normalized spacial score (nSPS) is 19.1. The number of benzene rings is 1. The van der Waals surface area contributed by atoms with Crippen LogP contribution in [0.15, 0.2) is 66.1 Å². The molecule has 0 N–H and O–H groups in total. The van der Waals surface area contributed by atoms with Crippen LogP contribution in [-0.2, 0) is 0 Å². The van der Waals surface area contributed by atoms with Gasteiger partial charge in [-0.25, -0.2) is 4.98 Å². The quantitative estimate of drug-likeness (QED) is 0.606. The van der Waals surface area contributed by atoms with Gasteiger partial charge in [-0.05, 0) is 49.2 Å². The van der Waals surface area contributed by atoms with Crippen LogP contribution in [0.25, 0.3) is 5.65 Å². The van der Waals surface area contributed by atoms with Crippen molar-refractivity contribution in [1.29, 1.82) is 0 Å². The zero-order valence-electron chi connectivity index (χ0n) is 15.3. The van der Waals surface area contributed by atoms with E-state index >= 15 is 0 Å². The average Bonchev–Trinajstić information content (AvgIpc) is 3.46. The van der Waals surface area contributed by atoms with Gasteiger partial charge in [0.15, 0.2) is 0 Å². The topological polar surface area (TPSA) is 42.1 Å². The number of ether oxygens (including phenoxy) is 1. The lowest BCUT2D eigenvalue weighted by Crippen LogP contribution is -2.27. The van der Waals surface area contributed by atoms with Gasteiger partial charge in [0.1, 0.15) is 17.4 Å². The summed E-state index contributed by atoms with van der Waals surface area (Å²) in [5.41, 5.74) is 3.68.